The first-order valence-corrected chi connectivity index (χ1v) is 9.27. The number of nitrogens with zero attached hydrogens (tertiary/aromatic N) is 2. The molecule has 0 bridgehead atoms. The SMILES string of the molecule is O=C(NCc1ccc(Cl)cc1)NC1CCC(Oc2ncc(Cl)cn2)CC1. The van der Waals surface area contributed by atoms with Gasteiger partial charge in [0.1, 0.15) is 6.10 Å². The minimum Gasteiger partial charge on any atom is -0.460 e. The lowest BCUT2D eigenvalue weighted by Crippen LogP contribution is -2.44. The molecule has 1 saturated carbocycles. The summed E-state index contributed by atoms with van der Waals surface area (Å²) in [6.07, 6.45) is 6.48. The first-order valence-electron chi connectivity index (χ1n) is 8.51. The van der Waals surface area contributed by atoms with Crippen molar-refractivity contribution in [3.05, 3.63) is 52.3 Å². The Morgan fingerprint density at radius 1 is 1.04 bits per heavy atom. The van der Waals surface area contributed by atoms with Crippen LogP contribution in [0.3, 0.4) is 0 Å². The molecule has 1 fully saturated rings. The summed E-state index contributed by atoms with van der Waals surface area (Å²) in [5.74, 6) is 0. The van der Waals surface area contributed by atoms with Crippen molar-refractivity contribution < 1.29 is 9.53 Å². The molecule has 1 aliphatic rings. The van der Waals surface area contributed by atoms with Gasteiger partial charge in [-0.15, -0.1) is 0 Å². The second-order valence-corrected chi connectivity index (χ2v) is 7.10. The third-order valence-corrected chi connectivity index (χ3v) is 4.69. The second kappa shape index (κ2) is 9.05. The highest BCUT2D eigenvalue weighted by molar-refractivity contribution is 6.30. The van der Waals surface area contributed by atoms with E-state index < -0.39 is 0 Å². The number of hydrogen-bond acceptors (Lipinski definition) is 4. The number of amides is 2. The van der Waals surface area contributed by atoms with Crippen LogP contribution in [-0.2, 0) is 6.54 Å². The second-order valence-electron chi connectivity index (χ2n) is 6.23. The number of carbonyl (C=O) groups excluding carboxylic acids is 1. The van der Waals surface area contributed by atoms with Gasteiger partial charge in [-0.2, -0.15) is 0 Å². The van der Waals surface area contributed by atoms with Gasteiger partial charge in [0, 0.05) is 17.6 Å². The monoisotopic (exact) mass is 394 g/mol. The molecular weight excluding hydrogens is 375 g/mol. The van der Waals surface area contributed by atoms with Gasteiger partial charge in [-0.25, -0.2) is 14.8 Å². The van der Waals surface area contributed by atoms with Crippen LogP contribution in [0.4, 0.5) is 4.79 Å². The van der Waals surface area contributed by atoms with Gasteiger partial charge >= 0.3 is 12.0 Å². The van der Waals surface area contributed by atoms with Crippen LogP contribution in [0.25, 0.3) is 0 Å². The van der Waals surface area contributed by atoms with E-state index in [1.54, 1.807) is 0 Å². The molecule has 2 N–H and O–H groups in total. The molecule has 0 spiro atoms. The maximum Gasteiger partial charge on any atom is 0.316 e. The maximum atomic E-state index is 12.0. The van der Waals surface area contributed by atoms with Crippen LogP contribution < -0.4 is 15.4 Å². The lowest BCUT2D eigenvalue weighted by Gasteiger charge is -2.28. The highest BCUT2D eigenvalue weighted by atomic mass is 35.5. The number of benzene rings is 1. The third kappa shape index (κ3) is 5.75. The molecular formula is C18H20Cl2N4O2. The number of hydrogen-bond donors (Lipinski definition) is 2. The largest absolute Gasteiger partial charge is 0.460 e. The fourth-order valence-electron chi connectivity index (χ4n) is 2.86. The van der Waals surface area contributed by atoms with Gasteiger partial charge in [-0.05, 0) is 43.4 Å². The lowest BCUT2D eigenvalue weighted by molar-refractivity contribution is 0.129. The van der Waals surface area contributed by atoms with Gasteiger partial charge in [0.15, 0.2) is 0 Å². The van der Waals surface area contributed by atoms with Crippen LogP contribution in [0, 0.1) is 0 Å². The molecule has 3 rings (SSSR count). The summed E-state index contributed by atoms with van der Waals surface area (Å²) in [4.78, 5) is 20.1. The van der Waals surface area contributed by atoms with Crippen molar-refractivity contribution in [3.8, 4) is 6.01 Å². The Balaban J connectivity index is 1.37. The Hall–Kier alpha value is -2.05. The zero-order chi connectivity index (χ0) is 18.4. The molecule has 0 unspecified atom stereocenters. The summed E-state index contributed by atoms with van der Waals surface area (Å²) < 4.78 is 5.76. The number of ether oxygens (including phenoxy) is 1. The van der Waals surface area contributed by atoms with Crippen LogP contribution in [-0.4, -0.2) is 28.1 Å². The van der Waals surface area contributed by atoms with Crippen molar-refractivity contribution in [1.29, 1.82) is 0 Å². The minimum absolute atomic E-state index is 0.0614. The Kier molecular flexibility index (Phi) is 6.52. The van der Waals surface area contributed by atoms with E-state index in [9.17, 15) is 4.79 Å². The molecule has 0 saturated heterocycles. The van der Waals surface area contributed by atoms with Crippen molar-refractivity contribution >= 4 is 29.2 Å². The molecule has 2 amide bonds. The summed E-state index contributed by atoms with van der Waals surface area (Å²) in [6.45, 7) is 0.468. The van der Waals surface area contributed by atoms with Crippen LogP contribution in [0.15, 0.2) is 36.7 Å². The number of nitrogens with one attached hydrogen (secondary N) is 2. The molecule has 26 heavy (non-hydrogen) atoms. The molecule has 0 aliphatic heterocycles. The van der Waals surface area contributed by atoms with E-state index in [1.807, 2.05) is 24.3 Å². The van der Waals surface area contributed by atoms with Crippen molar-refractivity contribution in [2.24, 2.45) is 0 Å². The molecule has 1 heterocycles. The molecule has 2 aromatic rings. The zero-order valence-corrected chi connectivity index (χ0v) is 15.6. The maximum absolute atomic E-state index is 12.0. The standard InChI is InChI=1S/C18H20Cl2N4O2/c19-13-3-1-12(2-4-13)9-21-17(25)24-15-5-7-16(8-6-15)26-18-22-10-14(20)11-23-18/h1-4,10-11,15-16H,5-9H2,(H2,21,24,25). The van der Waals surface area contributed by atoms with E-state index >= 15 is 0 Å². The topological polar surface area (TPSA) is 76.1 Å². The normalized spacial score (nSPS) is 19.6. The highest BCUT2D eigenvalue weighted by Gasteiger charge is 2.24. The lowest BCUT2D eigenvalue weighted by atomic mass is 9.93. The Labute approximate surface area is 162 Å². The molecule has 6 nitrogen and oxygen atoms in total. The van der Waals surface area contributed by atoms with Crippen molar-refractivity contribution in [3.63, 3.8) is 0 Å². The summed E-state index contributed by atoms with van der Waals surface area (Å²) in [7, 11) is 0. The molecule has 1 aliphatic carbocycles. The Morgan fingerprint density at radius 2 is 1.69 bits per heavy atom. The van der Waals surface area contributed by atoms with Crippen molar-refractivity contribution in [2.75, 3.05) is 0 Å². The average molecular weight is 395 g/mol. The van der Waals surface area contributed by atoms with E-state index in [1.165, 1.54) is 12.4 Å². The van der Waals surface area contributed by atoms with E-state index in [4.69, 9.17) is 27.9 Å². The Morgan fingerprint density at radius 3 is 2.35 bits per heavy atom. The van der Waals surface area contributed by atoms with Gasteiger partial charge in [0.05, 0.1) is 17.4 Å². The highest BCUT2D eigenvalue weighted by Crippen LogP contribution is 2.22. The number of halogens is 2. The number of rotatable bonds is 5. The fourth-order valence-corrected chi connectivity index (χ4v) is 3.08. The molecule has 1 aromatic heterocycles. The van der Waals surface area contributed by atoms with E-state index in [0.717, 1.165) is 31.2 Å². The summed E-state index contributed by atoms with van der Waals surface area (Å²) >= 11 is 11.6. The van der Waals surface area contributed by atoms with Crippen molar-refractivity contribution in [2.45, 2.75) is 44.4 Å². The first kappa shape index (κ1) is 18.7. The summed E-state index contributed by atoms with van der Waals surface area (Å²) in [5, 5.41) is 7.04. The number of carbonyl (C=O) groups is 1. The van der Waals surface area contributed by atoms with Crippen LogP contribution in [0.1, 0.15) is 31.2 Å². The van der Waals surface area contributed by atoms with Gasteiger partial charge in [0.25, 0.3) is 0 Å². The van der Waals surface area contributed by atoms with Crippen LogP contribution in [0.2, 0.25) is 10.0 Å². The van der Waals surface area contributed by atoms with E-state index in [0.29, 0.717) is 22.6 Å². The Bertz CT molecular complexity index is 717. The molecule has 0 radical (unpaired) electrons. The van der Waals surface area contributed by atoms with E-state index in [-0.39, 0.29) is 18.2 Å². The predicted octanol–water partition coefficient (Wildman–Crippen LogP) is 3.97. The van der Waals surface area contributed by atoms with Crippen LogP contribution >= 0.6 is 23.2 Å². The predicted molar refractivity (Wildman–Crippen MR) is 101 cm³/mol. The van der Waals surface area contributed by atoms with Crippen molar-refractivity contribution in [1.82, 2.24) is 20.6 Å². The molecule has 8 heteroatoms. The number of urea groups is 1. The zero-order valence-electron chi connectivity index (χ0n) is 14.1. The summed E-state index contributed by atoms with van der Waals surface area (Å²) in [5.41, 5.74) is 1.00. The molecule has 138 valence electrons. The van der Waals surface area contributed by atoms with Gasteiger partial charge in [-0.1, -0.05) is 35.3 Å². The third-order valence-electron chi connectivity index (χ3n) is 4.24. The summed E-state index contributed by atoms with van der Waals surface area (Å²) in [6, 6.07) is 7.72. The molecule has 0 atom stereocenters. The molecule has 1 aromatic carbocycles. The van der Waals surface area contributed by atoms with Gasteiger partial charge in [0.2, 0.25) is 0 Å². The van der Waals surface area contributed by atoms with Gasteiger partial charge < -0.3 is 15.4 Å². The number of aromatic nitrogens is 2. The smallest absolute Gasteiger partial charge is 0.316 e. The fraction of sp³-hybridized carbons (Fsp3) is 0.389. The van der Waals surface area contributed by atoms with E-state index in [2.05, 4.69) is 20.6 Å². The average Bonchev–Trinajstić information content (AvgIpc) is 2.65. The van der Waals surface area contributed by atoms with Crippen LogP contribution in [0.5, 0.6) is 6.01 Å². The van der Waals surface area contributed by atoms with Gasteiger partial charge in [-0.3, -0.25) is 0 Å². The first-order chi connectivity index (χ1) is 12.6. The minimum atomic E-state index is -0.162. The quantitative estimate of drug-likeness (QED) is 0.803.